The van der Waals surface area contributed by atoms with Gasteiger partial charge in [0.1, 0.15) is 10.7 Å². The highest BCUT2D eigenvalue weighted by atomic mass is 35.5. The van der Waals surface area contributed by atoms with E-state index < -0.39 is 5.97 Å². The predicted octanol–water partition coefficient (Wildman–Crippen LogP) is 1.50. The molecule has 13 heavy (non-hydrogen) atoms. The van der Waals surface area contributed by atoms with Gasteiger partial charge in [-0.3, -0.25) is 0 Å². The van der Waals surface area contributed by atoms with Crippen LogP contribution in [0.3, 0.4) is 0 Å². The standard InChI is InChI=1S/C8H9ClN2O2/c1-11(2)6-3-7(9)10-4-5(6)8(12)13/h3-4H,1-2H3,(H,12,13). The fourth-order valence-corrected chi connectivity index (χ4v) is 1.11. The lowest BCUT2D eigenvalue weighted by Crippen LogP contribution is -2.14. The lowest BCUT2D eigenvalue weighted by Gasteiger charge is -2.14. The Kier molecular flexibility index (Phi) is 2.72. The number of carboxylic acid groups (broad SMARTS) is 1. The highest BCUT2D eigenvalue weighted by molar-refractivity contribution is 6.29. The second-order valence-corrected chi connectivity index (χ2v) is 3.11. The van der Waals surface area contributed by atoms with Gasteiger partial charge in [0.2, 0.25) is 0 Å². The van der Waals surface area contributed by atoms with Crippen LogP contribution in [0, 0.1) is 0 Å². The number of aromatic carboxylic acids is 1. The molecule has 1 rings (SSSR count). The number of carboxylic acids is 1. The smallest absolute Gasteiger partial charge is 0.339 e. The molecule has 0 saturated heterocycles. The molecule has 0 aliphatic carbocycles. The molecule has 0 aliphatic heterocycles. The molecule has 4 nitrogen and oxygen atoms in total. The normalized spacial score (nSPS) is 9.77. The zero-order valence-corrected chi connectivity index (χ0v) is 8.04. The van der Waals surface area contributed by atoms with Crippen molar-refractivity contribution >= 4 is 23.3 Å². The molecule has 0 spiro atoms. The molecule has 0 saturated carbocycles. The van der Waals surface area contributed by atoms with Crippen molar-refractivity contribution in [3.05, 3.63) is 23.0 Å². The maximum atomic E-state index is 10.7. The highest BCUT2D eigenvalue weighted by Gasteiger charge is 2.12. The summed E-state index contributed by atoms with van der Waals surface area (Å²) in [6.45, 7) is 0. The van der Waals surface area contributed by atoms with Crippen LogP contribution < -0.4 is 4.90 Å². The number of hydrogen-bond donors (Lipinski definition) is 1. The number of pyridine rings is 1. The van der Waals surface area contributed by atoms with Gasteiger partial charge in [0.15, 0.2) is 0 Å². The van der Waals surface area contributed by atoms with Crippen molar-refractivity contribution in [2.24, 2.45) is 0 Å². The third-order valence-corrected chi connectivity index (χ3v) is 1.77. The molecular weight excluding hydrogens is 192 g/mol. The van der Waals surface area contributed by atoms with Gasteiger partial charge in [0, 0.05) is 20.3 Å². The van der Waals surface area contributed by atoms with Crippen LogP contribution in [-0.2, 0) is 0 Å². The van der Waals surface area contributed by atoms with Crippen molar-refractivity contribution < 1.29 is 9.90 Å². The van der Waals surface area contributed by atoms with Crippen LogP contribution in [0.1, 0.15) is 10.4 Å². The van der Waals surface area contributed by atoms with Gasteiger partial charge in [-0.25, -0.2) is 9.78 Å². The van der Waals surface area contributed by atoms with Crippen LogP contribution in [0.5, 0.6) is 0 Å². The predicted molar refractivity (Wildman–Crippen MR) is 50.5 cm³/mol. The summed E-state index contributed by atoms with van der Waals surface area (Å²) in [5, 5.41) is 9.08. The number of halogens is 1. The molecule has 1 heterocycles. The molecule has 5 heteroatoms. The minimum atomic E-state index is -1.01. The molecule has 0 bridgehead atoms. The summed E-state index contributed by atoms with van der Waals surface area (Å²) in [6.07, 6.45) is 1.25. The summed E-state index contributed by atoms with van der Waals surface area (Å²) in [5.74, 6) is -1.01. The van der Waals surface area contributed by atoms with Crippen LogP contribution in [0.25, 0.3) is 0 Å². The van der Waals surface area contributed by atoms with E-state index in [0.29, 0.717) is 5.69 Å². The van der Waals surface area contributed by atoms with Gasteiger partial charge in [-0.05, 0) is 6.07 Å². The Hall–Kier alpha value is -1.29. The minimum absolute atomic E-state index is 0.148. The number of nitrogens with zero attached hydrogens (tertiary/aromatic N) is 2. The molecule has 0 unspecified atom stereocenters. The quantitative estimate of drug-likeness (QED) is 0.736. The van der Waals surface area contributed by atoms with Crippen LogP contribution >= 0.6 is 11.6 Å². The Morgan fingerprint density at radius 1 is 1.62 bits per heavy atom. The molecule has 0 aliphatic rings. The second kappa shape index (κ2) is 3.62. The van der Waals surface area contributed by atoms with Gasteiger partial charge >= 0.3 is 5.97 Å². The van der Waals surface area contributed by atoms with Crippen molar-refractivity contribution in [1.82, 2.24) is 4.98 Å². The van der Waals surface area contributed by atoms with E-state index in [2.05, 4.69) is 4.98 Å². The van der Waals surface area contributed by atoms with E-state index in [0.717, 1.165) is 0 Å². The van der Waals surface area contributed by atoms with Gasteiger partial charge in [0.05, 0.1) is 5.69 Å². The van der Waals surface area contributed by atoms with E-state index in [9.17, 15) is 4.79 Å². The molecule has 0 atom stereocenters. The van der Waals surface area contributed by atoms with Crippen LogP contribution in [0.15, 0.2) is 12.3 Å². The van der Waals surface area contributed by atoms with Gasteiger partial charge < -0.3 is 10.0 Å². The zero-order valence-electron chi connectivity index (χ0n) is 7.28. The first-order valence-electron chi connectivity index (χ1n) is 3.58. The zero-order chi connectivity index (χ0) is 10.0. The number of hydrogen-bond acceptors (Lipinski definition) is 3. The first-order valence-corrected chi connectivity index (χ1v) is 3.96. The molecule has 1 aromatic heterocycles. The minimum Gasteiger partial charge on any atom is -0.478 e. The summed E-state index contributed by atoms with van der Waals surface area (Å²) < 4.78 is 0. The molecule has 1 N–H and O–H groups in total. The topological polar surface area (TPSA) is 53.4 Å². The highest BCUT2D eigenvalue weighted by Crippen LogP contribution is 2.20. The SMILES string of the molecule is CN(C)c1cc(Cl)ncc1C(=O)O. The van der Waals surface area contributed by atoms with Crippen molar-refractivity contribution in [2.75, 3.05) is 19.0 Å². The average molecular weight is 201 g/mol. The first kappa shape index (κ1) is 9.80. The summed E-state index contributed by atoms with van der Waals surface area (Å²) >= 11 is 5.63. The van der Waals surface area contributed by atoms with Crippen LogP contribution in [0.2, 0.25) is 5.15 Å². The largest absolute Gasteiger partial charge is 0.478 e. The van der Waals surface area contributed by atoms with Gasteiger partial charge in [-0.15, -0.1) is 0 Å². The molecule has 0 fully saturated rings. The van der Waals surface area contributed by atoms with Gasteiger partial charge in [-0.1, -0.05) is 11.6 Å². The third kappa shape index (κ3) is 2.09. The van der Waals surface area contributed by atoms with E-state index in [-0.39, 0.29) is 10.7 Å². The fourth-order valence-electron chi connectivity index (χ4n) is 0.955. The van der Waals surface area contributed by atoms with Crippen molar-refractivity contribution in [2.45, 2.75) is 0 Å². The fraction of sp³-hybridized carbons (Fsp3) is 0.250. The van der Waals surface area contributed by atoms with Crippen molar-refractivity contribution in [3.8, 4) is 0 Å². The number of carbonyl (C=O) groups is 1. The van der Waals surface area contributed by atoms with Gasteiger partial charge in [0.25, 0.3) is 0 Å². The Labute approximate surface area is 80.8 Å². The maximum absolute atomic E-state index is 10.7. The lowest BCUT2D eigenvalue weighted by atomic mass is 10.2. The van der Waals surface area contributed by atoms with E-state index in [1.165, 1.54) is 12.3 Å². The molecule has 0 radical (unpaired) electrons. The van der Waals surface area contributed by atoms with E-state index in [1.807, 2.05) is 0 Å². The van der Waals surface area contributed by atoms with Crippen LogP contribution in [-0.4, -0.2) is 30.2 Å². The summed E-state index contributed by atoms with van der Waals surface area (Å²) in [6, 6.07) is 1.52. The van der Waals surface area contributed by atoms with Crippen molar-refractivity contribution in [1.29, 1.82) is 0 Å². The summed E-state index contributed by atoms with van der Waals surface area (Å²) in [4.78, 5) is 16.1. The van der Waals surface area contributed by atoms with E-state index in [1.54, 1.807) is 19.0 Å². The summed E-state index contributed by atoms with van der Waals surface area (Å²) in [7, 11) is 3.50. The first-order chi connectivity index (χ1) is 6.02. The number of aromatic nitrogens is 1. The third-order valence-electron chi connectivity index (χ3n) is 1.56. The molecule has 0 aromatic carbocycles. The number of anilines is 1. The average Bonchev–Trinajstić information content (AvgIpc) is 2.03. The molecule has 0 amide bonds. The monoisotopic (exact) mass is 200 g/mol. The van der Waals surface area contributed by atoms with E-state index >= 15 is 0 Å². The Morgan fingerprint density at radius 3 is 2.69 bits per heavy atom. The maximum Gasteiger partial charge on any atom is 0.339 e. The molecule has 70 valence electrons. The Bertz CT molecular complexity index is 339. The van der Waals surface area contributed by atoms with Crippen molar-refractivity contribution in [3.63, 3.8) is 0 Å². The second-order valence-electron chi connectivity index (χ2n) is 2.72. The molecular formula is C8H9ClN2O2. The van der Waals surface area contributed by atoms with E-state index in [4.69, 9.17) is 16.7 Å². The molecule has 1 aromatic rings. The Balaban J connectivity index is 3.26. The summed E-state index contributed by atoms with van der Waals surface area (Å²) in [5.41, 5.74) is 0.696. The number of rotatable bonds is 2. The lowest BCUT2D eigenvalue weighted by molar-refractivity contribution is 0.0697. The Morgan fingerprint density at radius 2 is 2.23 bits per heavy atom. The van der Waals surface area contributed by atoms with Gasteiger partial charge in [-0.2, -0.15) is 0 Å². The van der Waals surface area contributed by atoms with Crippen LogP contribution in [0.4, 0.5) is 5.69 Å².